The van der Waals surface area contributed by atoms with Crippen molar-refractivity contribution in [2.24, 2.45) is 0 Å². The van der Waals surface area contributed by atoms with Crippen LogP contribution < -0.4 is 10.5 Å². The zero-order chi connectivity index (χ0) is 25.8. The molecule has 0 aliphatic carbocycles. The van der Waals surface area contributed by atoms with Crippen molar-refractivity contribution in [2.45, 2.75) is 39.0 Å². The summed E-state index contributed by atoms with van der Waals surface area (Å²) in [6, 6.07) is 6.25. The molecule has 0 spiro atoms. The molecule has 36 heavy (non-hydrogen) atoms. The number of hydrogen-bond donors (Lipinski definition) is 0. The molecule has 6 nitrogen and oxygen atoms in total. The Morgan fingerprint density at radius 2 is 1.83 bits per heavy atom. The number of piperidine rings is 1. The first-order valence-corrected chi connectivity index (χ1v) is 11.5. The number of rotatable bonds is 3. The van der Waals surface area contributed by atoms with Crippen molar-refractivity contribution in [3.8, 4) is 11.3 Å². The van der Waals surface area contributed by atoms with Gasteiger partial charge >= 0.3 is 0 Å². The van der Waals surface area contributed by atoms with E-state index in [1.165, 1.54) is 22.9 Å². The number of benzene rings is 1. The third-order valence-corrected chi connectivity index (χ3v) is 6.73. The van der Waals surface area contributed by atoms with Crippen LogP contribution in [0.5, 0.6) is 0 Å². The number of aryl methyl sites for hydroxylation is 2. The van der Waals surface area contributed by atoms with E-state index < -0.39 is 29.9 Å². The van der Waals surface area contributed by atoms with Gasteiger partial charge in [0.2, 0.25) is 0 Å². The Kier molecular flexibility index (Phi) is 5.77. The van der Waals surface area contributed by atoms with Gasteiger partial charge < -0.3 is 4.90 Å². The predicted octanol–water partition coefficient (Wildman–Crippen LogP) is 4.98. The van der Waals surface area contributed by atoms with Crippen molar-refractivity contribution in [3.63, 3.8) is 0 Å². The van der Waals surface area contributed by atoms with Gasteiger partial charge in [-0.05, 0) is 50.6 Å². The molecule has 4 heterocycles. The molecule has 186 valence electrons. The number of halogens is 4. The fourth-order valence-corrected chi connectivity index (χ4v) is 4.58. The molecule has 0 radical (unpaired) electrons. The highest BCUT2D eigenvalue weighted by Crippen LogP contribution is 2.41. The number of fused-ring (bicyclic) bond motifs is 1. The average Bonchev–Trinajstić information content (AvgIpc) is 2.82. The summed E-state index contributed by atoms with van der Waals surface area (Å²) in [5, 5.41) is 0. The van der Waals surface area contributed by atoms with Gasteiger partial charge in [-0.2, -0.15) is 0 Å². The minimum Gasteiger partial charge on any atom is -0.354 e. The minimum atomic E-state index is -2.96. The van der Waals surface area contributed by atoms with E-state index in [9.17, 15) is 13.6 Å². The van der Waals surface area contributed by atoms with Gasteiger partial charge in [-0.1, -0.05) is 0 Å². The van der Waals surface area contributed by atoms with E-state index in [-0.39, 0.29) is 41.4 Å². The lowest BCUT2D eigenvalue weighted by atomic mass is 9.87. The van der Waals surface area contributed by atoms with E-state index in [1.807, 2.05) is 0 Å². The molecule has 1 atom stereocenters. The molecule has 3 aromatic heterocycles. The quantitative estimate of drug-likeness (QED) is 0.374. The SMILES string of the molecule is Cc1cc(C2CN(c3cn4c(=O)c(C)c(C)nc4c(-c4ccc(F)cc4F)n3)CCC2(F)F)ccn1. The summed E-state index contributed by atoms with van der Waals surface area (Å²) < 4.78 is 59.7. The fraction of sp³-hybridized carbons (Fsp3) is 0.308. The first-order chi connectivity index (χ1) is 17.0. The van der Waals surface area contributed by atoms with Crippen molar-refractivity contribution in [1.29, 1.82) is 0 Å². The molecule has 4 aromatic rings. The molecule has 5 rings (SSSR count). The van der Waals surface area contributed by atoms with Crippen molar-refractivity contribution in [3.05, 3.63) is 87.2 Å². The Labute approximate surface area is 204 Å². The van der Waals surface area contributed by atoms with E-state index in [0.29, 0.717) is 22.5 Å². The largest absolute Gasteiger partial charge is 0.354 e. The van der Waals surface area contributed by atoms with E-state index in [4.69, 9.17) is 0 Å². The summed E-state index contributed by atoms with van der Waals surface area (Å²) in [7, 11) is 0. The Hall–Kier alpha value is -3.82. The number of pyridine rings is 1. The van der Waals surface area contributed by atoms with Gasteiger partial charge in [-0.25, -0.2) is 27.5 Å². The van der Waals surface area contributed by atoms with Crippen LogP contribution >= 0.6 is 0 Å². The van der Waals surface area contributed by atoms with E-state index in [1.54, 1.807) is 37.8 Å². The molecule has 1 fully saturated rings. The third kappa shape index (κ3) is 4.10. The van der Waals surface area contributed by atoms with Crippen LogP contribution in [0.15, 0.2) is 47.5 Å². The van der Waals surface area contributed by atoms with Gasteiger partial charge in [-0.15, -0.1) is 0 Å². The van der Waals surface area contributed by atoms with Gasteiger partial charge in [0.1, 0.15) is 23.1 Å². The second kappa shape index (κ2) is 8.69. The number of hydrogen-bond acceptors (Lipinski definition) is 5. The predicted molar refractivity (Wildman–Crippen MR) is 128 cm³/mol. The Balaban J connectivity index is 1.69. The van der Waals surface area contributed by atoms with Crippen LogP contribution in [0.4, 0.5) is 23.4 Å². The molecule has 1 aromatic carbocycles. The second-order valence-corrected chi connectivity index (χ2v) is 9.13. The minimum absolute atomic E-state index is 0.0234. The molecule has 0 N–H and O–H groups in total. The number of aromatic nitrogens is 4. The lowest BCUT2D eigenvalue weighted by molar-refractivity contribution is -0.0424. The number of anilines is 1. The van der Waals surface area contributed by atoms with Gasteiger partial charge in [0.05, 0.1) is 12.1 Å². The Morgan fingerprint density at radius 3 is 2.56 bits per heavy atom. The zero-order valence-electron chi connectivity index (χ0n) is 19.9. The molecule has 0 saturated carbocycles. The Bertz CT molecular complexity index is 1550. The summed E-state index contributed by atoms with van der Waals surface area (Å²) in [6.07, 6.45) is 2.51. The summed E-state index contributed by atoms with van der Waals surface area (Å²) in [5.41, 5.74) is 1.62. The summed E-state index contributed by atoms with van der Waals surface area (Å²) >= 11 is 0. The number of nitrogens with zero attached hydrogens (tertiary/aromatic N) is 5. The summed E-state index contributed by atoms with van der Waals surface area (Å²) in [6.45, 7) is 4.92. The van der Waals surface area contributed by atoms with Crippen LogP contribution in [0.25, 0.3) is 16.9 Å². The molecular weight excluding hydrogens is 474 g/mol. The monoisotopic (exact) mass is 497 g/mol. The normalized spacial score (nSPS) is 17.5. The molecule has 1 aliphatic heterocycles. The standard InChI is InChI=1S/C26H23F4N5O/c1-14-10-17(6-8-31-14)20-12-34(9-7-26(20,29)30)22-13-35-24(32-16(3)15(2)25(35)36)23(33-22)19-5-4-18(27)11-21(19)28/h4-6,8,10-11,13,20H,7,9,12H2,1-3H3. The van der Waals surface area contributed by atoms with E-state index in [2.05, 4.69) is 15.0 Å². The maximum absolute atomic E-state index is 15.0. The average molecular weight is 497 g/mol. The molecule has 10 heteroatoms. The smallest absolute Gasteiger partial charge is 0.261 e. The molecule has 0 amide bonds. The van der Waals surface area contributed by atoms with Crippen molar-refractivity contribution >= 4 is 11.5 Å². The van der Waals surface area contributed by atoms with E-state index in [0.717, 1.165) is 12.1 Å². The lowest BCUT2D eigenvalue weighted by Gasteiger charge is -2.39. The fourth-order valence-electron chi connectivity index (χ4n) is 4.58. The van der Waals surface area contributed by atoms with Gasteiger partial charge in [0, 0.05) is 54.3 Å². The molecule has 0 bridgehead atoms. The molecule has 1 unspecified atom stereocenters. The molecule has 1 aliphatic rings. The van der Waals surface area contributed by atoms with Gasteiger partial charge in [0.15, 0.2) is 5.65 Å². The maximum Gasteiger partial charge on any atom is 0.261 e. The van der Waals surface area contributed by atoms with Crippen LogP contribution in [0.1, 0.15) is 34.9 Å². The van der Waals surface area contributed by atoms with Crippen molar-refractivity contribution in [2.75, 3.05) is 18.0 Å². The van der Waals surface area contributed by atoms with Crippen LogP contribution in [-0.4, -0.2) is 38.4 Å². The number of alkyl halides is 2. The van der Waals surface area contributed by atoms with Gasteiger partial charge in [-0.3, -0.25) is 14.2 Å². The van der Waals surface area contributed by atoms with Crippen molar-refractivity contribution < 1.29 is 17.6 Å². The topological polar surface area (TPSA) is 63.4 Å². The molecule has 1 saturated heterocycles. The maximum atomic E-state index is 15.0. The van der Waals surface area contributed by atoms with Crippen LogP contribution in [0.2, 0.25) is 0 Å². The van der Waals surface area contributed by atoms with Crippen LogP contribution in [0, 0.1) is 32.4 Å². The Morgan fingerprint density at radius 1 is 1.06 bits per heavy atom. The first-order valence-electron chi connectivity index (χ1n) is 11.5. The first kappa shape index (κ1) is 23.9. The summed E-state index contributed by atoms with van der Waals surface area (Å²) in [4.78, 5) is 27.9. The zero-order valence-corrected chi connectivity index (χ0v) is 19.9. The van der Waals surface area contributed by atoms with Crippen LogP contribution in [0.3, 0.4) is 0 Å². The summed E-state index contributed by atoms with van der Waals surface area (Å²) in [5.74, 6) is -5.50. The van der Waals surface area contributed by atoms with Crippen molar-refractivity contribution in [1.82, 2.24) is 19.4 Å². The van der Waals surface area contributed by atoms with E-state index >= 15 is 8.78 Å². The highest BCUT2D eigenvalue weighted by Gasteiger charge is 2.45. The second-order valence-electron chi connectivity index (χ2n) is 9.13. The third-order valence-electron chi connectivity index (χ3n) is 6.73. The lowest BCUT2D eigenvalue weighted by Crippen LogP contribution is -2.46. The highest BCUT2D eigenvalue weighted by atomic mass is 19.3. The van der Waals surface area contributed by atoms with Gasteiger partial charge in [0.25, 0.3) is 11.5 Å². The molecular formula is C26H23F4N5O. The van der Waals surface area contributed by atoms with Crippen LogP contribution in [-0.2, 0) is 0 Å². The highest BCUT2D eigenvalue weighted by molar-refractivity contribution is 5.76.